The average molecular weight is 222 g/mol. The molecular weight excluding hydrogens is 211 g/mol. The van der Waals surface area contributed by atoms with Crippen LogP contribution < -0.4 is 0 Å². The van der Waals surface area contributed by atoms with Crippen LogP contribution in [0.2, 0.25) is 0 Å². The molecule has 3 heteroatoms. The molecule has 0 aliphatic rings. The van der Waals surface area contributed by atoms with Crippen LogP contribution in [0.15, 0.2) is 35.0 Å². The Balaban J connectivity index is 2.41. The van der Waals surface area contributed by atoms with Gasteiger partial charge in [-0.3, -0.25) is 0 Å². The van der Waals surface area contributed by atoms with Crippen molar-refractivity contribution in [3.8, 4) is 0 Å². The minimum atomic E-state index is -0.730. The molecule has 0 aliphatic heterocycles. The quantitative estimate of drug-likeness (QED) is 0.826. The first-order valence-corrected chi connectivity index (χ1v) is 5.59. The van der Waals surface area contributed by atoms with E-state index in [0.29, 0.717) is 5.56 Å². The van der Waals surface area contributed by atoms with Crippen molar-refractivity contribution in [1.82, 2.24) is 0 Å². The van der Waals surface area contributed by atoms with E-state index in [0.717, 1.165) is 11.1 Å². The summed E-state index contributed by atoms with van der Waals surface area (Å²) in [6, 6.07) is 6.32. The molecule has 15 heavy (non-hydrogen) atoms. The first-order valence-electron chi connectivity index (χ1n) is 4.64. The Labute approximate surface area is 91.8 Å². The van der Waals surface area contributed by atoms with Gasteiger partial charge in [0, 0.05) is 0 Å². The summed E-state index contributed by atoms with van der Waals surface area (Å²) in [5.41, 5.74) is 2.34. The molecule has 1 heterocycles. The summed E-state index contributed by atoms with van der Waals surface area (Å²) in [6.45, 7) is 1.87. The van der Waals surface area contributed by atoms with Crippen LogP contribution in [-0.2, 0) is 0 Å². The Morgan fingerprint density at radius 2 is 2.13 bits per heavy atom. The van der Waals surface area contributed by atoms with E-state index in [1.54, 1.807) is 6.07 Å². The molecule has 0 fully saturated rings. The second kappa shape index (κ2) is 4.13. The first-order chi connectivity index (χ1) is 7.18. The standard InChI is InChI=1S/C12H11FOS/c1-8-2-3-10(13)6-11(8)12(14)9-4-5-15-7-9/h2-7,12,14H,1H3/t12-/m0/s1. The lowest BCUT2D eigenvalue weighted by atomic mass is 9.99. The van der Waals surface area contributed by atoms with Gasteiger partial charge in [0.2, 0.25) is 0 Å². The van der Waals surface area contributed by atoms with Crippen molar-refractivity contribution in [1.29, 1.82) is 0 Å². The van der Waals surface area contributed by atoms with E-state index in [2.05, 4.69) is 0 Å². The van der Waals surface area contributed by atoms with Crippen LogP contribution in [-0.4, -0.2) is 5.11 Å². The van der Waals surface area contributed by atoms with Crippen molar-refractivity contribution in [2.75, 3.05) is 0 Å². The van der Waals surface area contributed by atoms with E-state index >= 15 is 0 Å². The zero-order valence-corrected chi connectivity index (χ0v) is 9.09. The van der Waals surface area contributed by atoms with E-state index in [4.69, 9.17) is 0 Å². The lowest BCUT2D eigenvalue weighted by molar-refractivity contribution is 0.219. The second-order valence-electron chi connectivity index (χ2n) is 3.46. The van der Waals surface area contributed by atoms with Gasteiger partial charge in [0.05, 0.1) is 0 Å². The van der Waals surface area contributed by atoms with Crippen LogP contribution in [0.25, 0.3) is 0 Å². The minimum absolute atomic E-state index is 0.315. The van der Waals surface area contributed by atoms with Crippen molar-refractivity contribution < 1.29 is 9.50 Å². The summed E-state index contributed by atoms with van der Waals surface area (Å²) in [7, 11) is 0. The number of hydrogen-bond acceptors (Lipinski definition) is 2. The molecule has 1 aromatic heterocycles. The fraction of sp³-hybridized carbons (Fsp3) is 0.167. The molecule has 0 bridgehead atoms. The monoisotopic (exact) mass is 222 g/mol. The number of halogens is 1. The van der Waals surface area contributed by atoms with Gasteiger partial charge in [-0.25, -0.2) is 4.39 Å². The molecule has 0 spiro atoms. The molecule has 2 rings (SSSR count). The number of thiophene rings is 1. The lowest BCUT2D eigenvalue weighted by Crippen LogP contribution is -2.01. The second-order valence-corrected chi connectivity index (χ2v) is 4.24. The van der Waals surface area contributed by atoms with Crippen molar-refractivity contribution in [3.63, 3.8) is 0 Å². The SMILES string of the molecule is Cc1ccc(F)cc1[C@@H](O)c1ccsc1. The molecule has 0 aliphatic carbocycles. The van der Waals surface area contributed by atoms with Crippen molar-refractivity contribution in [2.24, 2.45) is 0 Å². The summed E-state index contributed by atoms with van der Waals surface area (Å²) in [6.07, 6.45) is -0.730. The zero-order valence-electron chi connectivity index (χ0n) is 8.27. The molecule has 0 radical (unpaired) electrons. The van der Waals surface area contributed by atoms with Crippen LogP contribution in [0.4, 0.5) is 4.39 Å². The lowest BCUT2D eigenvalue weighted by Gasteiger charge is -2.12. The van der Waals surface area contributed by atoms with Gasteiger partial charge in [-0.05, 0) is 52.6 Å². The third-order valence-corrected chi connectivity index (χ3v) is 3.10. The number of hydrogen-bond donors (Lipinski definition) is 1. The predicted octanol–water partition coefficient (Wildman–Crippen LogP) is 3.28. The van der Waals surface area contributed by atoms with Gasteiger partial charge in [0.1, 0.15) is 11.9 Å². The maximum atomic E-state index is 13.0. The molecule has 0 saturated heterocycles. The van der Waals surface area contributed by atoms with Crippen LogP contribution in [0.5, 0.6) is 0 Å². The van der Waals surface area contributed by atoms with Crippen LogP contribution in [0.3, 0.4) is 0 Å². The molecule has 0 unspecified atom stereocenters. The Morgan fingerprint density at radius 1 is 1.33 bits per heavy atom. The van der Waals surface area contributed by atoms with Gasteiger partial charge in [-0.15, -0.1) is 0 Å². The largest absolute Gasteiger partial charge is 0.384 e. The van der Waals surface area contributed by atoms with E-state index in [1.807, 2.05) is 23.8 Å². The van der Waals surface area contributed by atoms with E-state index in [1.165, 1.54) is 23.5 Å². The fourth-order valence-corrected chi connectivity index (χ4v) is 2.19. The molecule has 1 aromatic carbocycles. The summed E-state index contributed by atoms with van der Waals surface area (Å²) in [5, 5.41) is 13.8. The molecule has 0 amide bonds. The van der Waals surface area contributed by atoms with Crippen LogP contribution >= 0.6 is 11.3 Å². The topological polar surface area (TPSA) is 20.2 Å². The van der Waals surface area contributed by atoms with Gasteiger partial charge in [-0.2, -0.15) is 11.3 Å². The number of aliphatic hydroxyl groups excluding tert-OH is 1. The van der Waals surface area contributed by atoms with Gasteiger partial charge >= 0.3 is 0 Å². The van der Waals surface area contributed by atoms with E-state index < -0.39 is 6.10 Å². The van der Waals surface area contributed by atoms with Crippen LogP contribution in [0.1, 0.15) is 22.8 Å². The Kier molecular flexibility index (Phi) is 2.84. The number of aliphatic hydroxyl groups is 1. The zero-order chi connectivity index (χ0) is 10.8. The maximum Gasteiger partial charge on any atom is 0.123 e. The first kappa shape index (κ1) is 10.3. The van der Waals surface area contributed by atoms with Gasteiger partial charge < -0.3 is 5.11 Å². The molecule has 1 N–H and O–H groups in total. The van der Waals surface area contributed by atoms with Crippen molar-refractivity contribution >= 4 is 11.3 Å². The third-order valence-electron chi connectivity index (χ3n) is 2.39. The Bertz CT molecular complexity index is 451. The molecular formula is C12H11FOS. The fourth-order valence-electron chi connectivity index (χ4n) is 1.52. The molecule has 1 atom stereocenters. The highest BCUT2D eigenvalue weighted by molar-refractivity contribution is 7.07. The van der Waals surface area contributed by atoms with Gasteiger partial charge in [-0.1, -0.05) is 6.07 Å². The average Bonchev–Trinajstić information content (AvgIpc) is 2.74. The highest BCUT2D eigenvalue weighted by Gasteiger charge is 2.13. The normalized spacial score (nSPS) is 12.7. The summed E-state index contributed by atoms with van der Waals surface area (Å²) in [4.78, 5) is 0. The highest BCUT2D eigenvalue weighted by Crippen LogP contribution is 2.26. The van der Waals surface area contributed by atoms with Crippen molar-refractivity contribution in [2.45, 2.75) is 13.0 Å². The summed E-state index contributed by atoms with van der Waals surface area (Å²) in [5.74, 6) is -0.315. The van der Waals surface area contributed by atoms with Crippen LogP contribution in [0, 0.1) is 12.7 Å². The summed E-state index contributed by atoms with van der Waals surface area (Å²) < 4.78 is 13.0. The molecule has 0 saturated carbocycles. The highest BCUT2D eigenvalue weighted by atomic mass is 32.1. The molecule has 2 aromatic rings. The minimum Gasteiger partial charge on any atom is -0.384 e. The predicted molar refractivity (Wildman–Crippen MR) is 59.5 cm³/mol. The number of rotatable bonds is 2. The van der Waals surface area contributed by atoms with Gasteiger partial charge in [0.25, 0.3) is 0 Å². The number of aryl methyl sites for hydroxylation is 1. The van der Waals surface area contributed by atoms with Gasteiger partial charge in [0.15, 0.2) is 0 Å². The molecule has 1 nitrogen and oxygen atoms in total. The third kappa shape index (κ3) is 2.08. The Hall–Kier alpha value is -1.19. The molecule has 78 valence electrons. The smallest absolute Gasteiger partial charge is 0.123 e. The number of benzene rings is 1. The maximum absolute atomic E-state index is 13.0. The van der Waals surface area contributed by atoms with E-state index in [-0.39, 0.29) is 5.82 Å². The van der Waals surface area contributed by atoms with Crippen molar-refractivity contribution in [3.05, 3.63) is 57.5 Å². The van der Waals surface area contributed by atoms with E-state index in [9.17, 15) is 9.50 Å². The summed E-state index contributed by atoms with van der Waals surface area (Å²) >= 11 is 1.52. The Morgan fingerprint density at radius 3 is 2.80 bits per heavy atom.